The summed E-state index contributed by atoms with van der Waals surface area (Å²) in [6.45, 7) is 1.86. The third kappa shape index (κ3) is 4.62. The summed E-state index contributed by atoms with van der Waals surface area (Å²) in [5.74, 6) is 1.93. The lowest BCUT2D eigenvalue weighted by atomic mass is 10.1. The van der Waals surface area contributed by atoms with Gasteiger partial charge in [-0.1, -0.05) is 24.1 Å². The highest BCUT2D eigenvalue weighted by atomic mass is 19.4. The maximum atomic E-state index is 13.0. The number of carbonyl (C=O) groups is 1. The smallest absolute Gasteiger partial charge is 0.353 e. The molecule has 1 aliphatic carbocycles. The fraction of sp³-hybridized carbons (Fsp3) is 0.417. The Morgan fingerprint density at radius 3 is 2.47 bits per heavy atom. The van der Waals surface area contributed by atoms with Crippen LogP contribution in [0.3, 0.4) is 0 Å². The van der Waals surface area contributed by atoms with Crippen LogP contribution in [0, 0.1) is 0 Å². The minimum Gasteiger partial charge on any atom is -0.353 e. The van der Waals surface area contributed by atoms with Crippen LogP contribution in [0.1, 0.15) is 53.4 Å². The minimum absolute atomic E-state index is 0.0443. The number of benzene rings is 1. The normalized spacial score (nSPS) is 17.4. The second-order valence-corrected chi connectivity index (χ2v) is 8.70. The first-order valence-electron chi connectivity index (χ1n) is 11.4. The largest absolute Gasteiger partial charge is 0.416 e. The molecule has 2 aromatic heterocycles. The van der Waals surface area contributed by atoms with E-state index in [4.69, 9.17) is 4.52 Å². The molecule has 2 aliphatic rings. The van der Waals surface area contributed by atoms with Gasteiger partial charge in [0, 0.05) is 49.4 Å². The SMILES string of the molecule is O=C(c1cccc(C(F)(F)F)c1)N1CCN(c2ccc(-c3noc(C4CCCC4)n3)cn2)CC1. The highest BCUT2D eigenvalue weighted by molar-refractivity contribution is 5.94. The standard InChI is InChI=1S/C24H24F3N5O2/c25-24(26,27)19-7-3-6-17(14-19)23(33)32-12-10-31(11-13-32)20-9-8-18(15-28-20)21-29-22(34-30-21)16-4-1-2-5-16/h3,6-9,14-16H,1-2,4-5,10-13H2. The Labute approximate surface area is 194 Å². The van der Waals surface area contributed by atoms with Gasteiger partial charge in [-0.2, -0.15) is 18.2 Å². The number of carbonyl (C=O) groups excluding carboxylic acids is 1. The van der Waals surface area contributed by atoms with E-state index in [1.165, 1.54) is 25.0 Å². The van der Waals surface area contributed by atoms with Crippen molar-refractivity contribution in [1.29, 1.82) is 0 Å². The Balaban J connectivity index is 1.20. The molecule has 3 heterocycles. The Bertz CT molecular complexity index is 1150. The number of hydrogen-bond donors (Lipinski definition) is 0. The topological polar surface area (TPSA) is 75.4 Å². The van der Waals surface area contributed by atoms with E-state index in [1.54, 1.807) is 11.1 Å². The maximum Gasteiger partial charge on any atom is 0.416 e. The van der Waals surface area contributed by atoms with Crippen molar-refractivity contribution in [1.82, 2.24) is 20.0 Å². The monoisotopic (exact) mass is 471 g/mol. The van der Waals surface area contributed by atoms with Gasteiger partial charge in [-0.25, -0.2) is 4.98 Å². The molecular formula is C24H24F3N5O2. The van der Waals surface area contributed by atoms with Crippen LogP contribution in [0.4, 0.5) is 19.0 Å². The van der Waals surface area contributed by atoms with Gasteiger partial charge in [0.2, 0.25) is 11.7 Å². The molecule has 0 spiro atoms. The van der Waals surface area contributed by atoms with Crippen LogP contribution in [-0.4, -0.2) is 52.1 Å². The molecule has 0 N–H and O–H groups in total. The van der Waals surface area contributed by atoms with Gasteiger partial charge in [0.25, 0.3) is 5.91 Å². The van der Waals surface area contributed by atoms with Crippen LogP contribution in [0.2, 0.25) is 0 Å². The molecule has 1 aliphatic heterocycles. The highest BCUT2D eigenvalue weighted by Gasteiger charge is 2.32. The summed E-state index contributed by atoms with van der Waals surface area (Å²) < 4.78 is 44.4. The van der Waals surface area contributed by atoms with Crippen molar-refractivity contribution in [3.63, 3.8) is 0 Å². The first-order chi connectivity index (χ1) is 16.4. The third-order valence-electron chi connectivity index (χ3n) is 6.48. The second-order valence-electron chi connectivity index (χ2n) is 8.70. The van der Waals surface area contributed by atoms with E-state index in [0.717, 1.165) is 36.4 Å². The second kappa shape index (κ2) is 9.08. The zero-order valence-electron chi connectivity index (χ0n) is 18.5. The van der Waals surface area contributed by atoms with Gasteiger partial charge in [0.15, 0.2) is 0 Å². The Hall–Kier alpha value is -3.43. The average molecular weight is 471 g/mol. The van der Waals surface area contributed by atoms with E-state index in [0.29, 0.717) is 43.8 Å². The number of alkyl halides is 3. The van der Waals surface area contributed by atoms with Crippen molar-refractivity contribution < 1.29 is 22.5 Å². The van der Waals surface area contributed by atoms with Crippen molar-refractivity contribution >= 4 is 11.7 Å². The molecule has 0 radical (unpaired) electrons. The zero-order valence-corrected chi connectivity index (χ0v) is 18.5. The molecule has 1 amide bonds. The summed E-state index contributed by atoms with van der Waals surface area (Å²) in [6.07, 6.45) is 1.78. The molecule has 0 unspecified atom stereocenters. The number of rotatable bonds is 4. The van der Waals surface area contributed by atoms with Gasteiger partial charge in [-0.05, 0) is 43.2 Å². The molecule has 0 bridgehead atoms. The number of pyridine rings is 1. The lowest BCUT2D eigenvalue weighted by Crippen LogP contribution is -2.49. The number of amides is 1. The van der Waals surface area contributed by atoms with Crippen LogP contribution < -0.4 is 4.90 Å². The fourth-order valence-electron chi connectivity index (χ4n) is 4.55. The van der Waals surface area contributed by atoms with E-state index < -0.39 is 17.6 Å². The molecule has 1 saturated carbocycles. The zero-order chi connectivity index (χ0) is 23.7. The maximum absolute atomic E-state index is 13.0. The van der Waals surface area contributed by atoms with E-state index in [-0.39, 0.29) is 5.56 Å². The van der Waals surface area contributed by atoms with Crippen LogP contribution in [0.25, 0.3) is 11.4 Å². The van der Waals surface area contributed by atoms with Crippen LogP contribution in [0.5, 0.6) is 0 Å². The van der Waals surface area contributed by atoms with Gasteiger partial charge in [0.1, 0.15) is 5.82 Å². The lowest BCUT2D eigenvalue weighted by Gasteiger charge is -2.35. The number of nitrogens with zero attached hydrogens (tertiary/aromatic N) is 5. The van der Waals surface area contributed by atoms with Gasteiger partial charge in [0.05, 0.1) is 5.56 Å². The van der Waals surface area contributed by atoms with Gasteiger partial charge < -0.3 is 14.3 Å². The number of anilines is 1. The molecule has 34 heavy (non-hydrogen) atoms. The number of halogens is 3. The summed E-state index contributed by atoms with van der Waals surface area (Å²) in [5, 5.41) is 4.10. The molecule has 1 saturated heterocycles. The van der Waals surface area contributed by atoms with Gasteiger partial charge in [-0.3, -0.25) is 4.79 Å². The molecule has 178 valence electrons. The summed E-state index contributed by atoms with van der Waals surface area (Å²) in [7, 11) is 0. The Morgan fingerprint density at radius 1 is 1.03 bits per heavy atom. The third-order valence-corrected chi connectivity index (χ3v) is 6.48. The molecule has 7 nitrogen and oxygen atoms in total. The fourth-order valence-corrected chi connectivity index (χ4v) is 4.55. The highest BCUT2D eigenvalue weighted by Crippen LogP contribution is 2.34. The molecule has 2 fully saturated rings. The summed E-state index contributed by atoms with van der Waals surface area (Å²) in [4.78, 5) is 25.4. The Morgan fingerprint density at radius 2 is 1.79 bits per heavy atom. The van der Waals surface area contributed by atoms with E-state index in [9.17, 15) is 18.0 Å². The summed E-state index contributed by atoms with van der Waals surface area (Å²) >= 11 is 0. The number of hydrogen-bond acceptors (Lipinski definition) is 6. The van der Waals surface area contributed by atoms with E-state index >= 15 is 0 Å². The first kappa shape index (κ1) is 22.4. The summed E-state index contributed by atoms with van der Waals surface area (Å²) in [6, 6.07) is 8.33. The van der Waals surface area contributed by atoms with Crippen LogP contribution in [0.15, 0.2) is 47.1 Å². The van der Waals surface area contributed by atoms with Crippen LogP contribution in [-0.2, 0) is 6.18 Å². The predicted molar refractivity (Wildman–Crippen MR) is 118 cm³/mol. The average Bonchev–Trinajstić information content (AvgIpc) is 3.56. The Kier molecular flexibility index (Phi) is 5.97. The van der Waals surface area contributed by atoms with Crippen molar-refractivity contribution in [2.75, 3.05) is 31.1 Å². The van der Waals surface area contributed by atoms with Crippen molar-refractivity contribution in [2.24, 2.45) is 0 Å². The molecule has 0 atom stereocenters. The predicted octanol–water partition coefficient (Wildman–Crippen LogP) is 4.77. The molecule has 1 aromatic carbocycles. The van der Waals surface area contributed by atoms with Gasteiger partial charge in [-0.15, -0.1) is 0 Å². The van der Waals surface area contributed by atoms with Crippen molar-refractivity contribution in [2.45, 2.75) is 37.8 Å². The molecule has 3 aromatic rings. The molecule has 10 heteroatoms. The summed E-state index contributed by atoms with van der Waals surface area (Å²) in [5.41, 5.74) is -0.00353. The van der Waals surface area contributed by atoms with Crippen molar-refractivity contribution in [3.05, 3.63) is 59.6 Å². The molecule has 5 rings (SSSR count). The first-order valence-corrected chi connectivity index (χ1v) is 11.4. The quantitative estimate of drug-likeness (QED) is 0.546. The number of aromatic nitrogens is 3. The number of piperazine rings is 1. The lowest BCUT2D eigenvalue weighted by molar-refractivity contribution is -0.137. The minimum atomic E-state index is -4.48. The van der Waals surface area contributed by atoms with E-state index in [1.807, 2.05) is 17.0 Å². The molecular weight excluding hydrogens is 447 g/mol. The van der Waals surface area contributed by atoms with Crippen LogP contribution >= 0.6 is 0 Å². The van der Waals surface area contributed by atoms with Gasteiger partial charge >= 0.3 is 6.18 Å². The van der Waals surface area contributed by atoms with E-state index in [2.05, 4.69) is 15.1 Å². The van der Waals surface area contributed by atoms with Crippen molar-refractivity contribution in [3.8, 4) is 11.4 Å².